The van der Waals surface area contributed by atoms with Crippen LogP contribution in [0.4, 0.5) is 0 Å². The third kappa shape index (κ3) is 28.1. The van der Waals surface area contributed by atoms with E-state index in [1.807, 2.05) is 0 Å². The third-order valence-electron chi connectivity index (χ3n) is 7.79. The molecular weight excluding hydrogens is 396 g/mol. The third-order valence-corrected chi connectivity index (χ3v) is 7.79. The summed E-state index contributed by atoms with van der Waals surface area (Å²) in [4.78, 5) is 0. The second-order valence-corrected chi connectivity index (χ2v) is 11.2. The molecule has 199 valence electrons. The molecule has 0 N–H and O–H groups in total. The van der Waals surface area contributed by atoms with Crippen molar-refractivity contribution < 1.29 is 0 Å². The van der Waals surface area contributed by atoms with Crippen LogP contribution in [0, 0.1) is 12.8 Å². The zero-order valence-corrected chi connectivity index (χ0v) is 23.8. The van der Waals surface area contributed by atoms with Gasteiger partial charge in [0.1, 0.15) is 0 Å². The molecule has 0 spiro atoms. The van der Waals surface area contributed by atoms with Crippen molar-refractivity contribution in [2.45, 2.75) is 200 Å². The molecule has 0 aliphatic heterocycles. The summed E-state index contributed by atoms with van der Waals surface area (Å²) in [5, 5.41) is 0. The molecule has 0 aliphatic carbocycles. The van der Waals surface area contributed by atoms with Crippen molar-refractivity contribution in [2.75, 3.05) is 0 Å². The Kier molecular flexibility index (Phi) is 30.0. The van der Waals surface area contributed by atoms with Gasteiger partial charge in [0.05, 0.1) is 0 Å². The van der Waals surface area contributed by atoms with Gasteiger partial charge in [-0.2, -0.15) is 0 Å². The minimum atomic E-state index is 1.01. The molecule has 0 aromatic rings. The Bertz CT molecular complexity index is 320. The van der Waals surface area contributed by atoms with Crippen LogP contribution >= 0.6 is 0 Å². The Morgan fingerprint density at radius 2 is 0.576 bits per heavy atom. The topological polar surface area (TPSA) is 0 Å². The summed E-state index contributed by atoms with van der Waals surface area (Å²) in [7, 11) is 0. The fraction of sp³-hybridized carbons (Fsp3) is 0.970. The highest BCUT2D eigenvalue weighted by Crippen LogP contribution is 2.24. The molecule has 0 aliphatic rings. The lowest BCUT2D eigenvalue weighted by atomic mass is 9.89. The first kappa shape index (κ1) is 33.0. The van der Waals surface area contributed by atoms with Crippen molar-refractivity contribution in [1.29, 1.82) is 0 Å². The van der Waals surface area contributed by atoms with E-state index in [2.05, 4.69) is 20.8 Å². The summed E-state index contributed by atoms with van der Waals surface area (Å²) in [6, 6.07) is 0. The van der Waals surface area contributed by atoms with E-state index in [1.54, 1.807) is 0 Å². The van der Waals surface area contributed by atoms with E-state index in [4.69, 9.17) is 0 Å². The molecule has 0 nitrogen and oxygen atoms in total. The lowest BCUT2D eigenvalue weighted by Crippen LogP contribution is -2.01. The summed E-state index contributed by atoms with van der Waals surface area (Å²) >= 11 is 0. The Morgan fingerprint density at radius 3 is 0.848 bits per heavy atom. The largest absolute Gasteiger partial charge is 0.0654 e. The highest BCUT2D eigenvalue weighted by Gasteiger charge is 2.08. The van der Waals surface area contributed by atoms with E-state index >= 15 is 0 Å². The average Bonchev–Trinajstić information content (AvgIpc) is 2.82. The smallest absolute Gasteiger partial charge is 0.0414 e. The minimum Gasteiger partial charge on any atom is -0.0654 e. The van der Waals surface area contributed by atoms with Gasteiger partial charge < -0.3 is 0 Å². The van der Waals surface area contributed by atoms with Gasteiger partial charge >= 0.3 is 0 Å². The minimum absolute atomic E-state index is 1.01. The molecule has 1 atom stereocenters. The van der Waals surface area contributed by atoms with Crippen molar-refractivity contribution in [3.63, 3.8) is 0 Å². The normalized spacial score (nSPS) is 12.5. The van der Waals surface area contributed by atoms with Crippen LogP contribution < -0.4 is 0 Å². The molecule has 0 heteroatoms. The Hall–Kier alpha value is 0. The summed E-state index contributed by atoms with van der Waals surface area (Å²) in [6.45, 7) is 8.67. The van der Waals surface area contributed by atoms with Gasteiger partial charge in [0.15, 0.2) is 0 Å². The molecule has 0 rings (SSSR count). The lowest BCUT2D eigenvalue weighted by molar-refractivity contribution is 0.368. The van der Waals surface area contributed by atoms with Crippen LogP contribution in [0.25, 0.3) is 0 Å². The number of hydrogen-bond acceptors (Lipinski definition) is 0. The zero-order chi connectivity index (χ0) is 24.1. The Labute approximate surface area is 212 Å². The summed E-state index contributed by atoms with van der Waals surface area (Å²) in [5.41, 5.74) is 0. The molecule has 0 amide bonds. The maximum absolute atomic E-state index is 4.05. The van der Waals surface area contributed by atoms with Crippen LogP contribution in [0.3, 0.4) is 0 Å². The first-order valence-corrected chi connectivity index (χ1v) is 16.1. The highest BCUT2D eigenvalue weighted by atomic mass is 14.1. The molecule has 0 aromatic carbocycles. The van der Waals surface area contributed by atoms with Gasteiger partial charge in [-0.3, -0.25) is 0 Å². The van der Waals surface area contributed by atoms with Crippen LogP contribution in [-0.4, -0.2) is 0 Å². The van der Waals surface area contributed by atoms with Crippen LogP contribution in [-0.2, 0) is 0 Å². The molecule has 0 aromatic heterocycles. The fourth-order valence-electron chi connectivity index (χ4n) is 5.41. The maximum atomic E-state index is 4.05. The maximum Gasteiger partial charge on any atom is -0.0414 e. The van der Waals surface area contributed by atoms with Crippen LogP contribution in [0.15, 0.2) is 0 Å². The first-order chi connectivity index (χ1) is 16.3. The second-order valence-electron chi connectivity index (χ2n) is 11.2. The molecule has 0 saturated carbocycles. The quantitative estimate of drug-likeness (QED) is 0.0967. The van der Waals surface area contributed by atoms with Crippen LogP contribution in [0.1, 0.15) is 200 Å². The van der Waals surface area contributed by atoms with Gasteiger partial charge in [0.25, 0.3) is 0 Å². The van der Waals surface area contributed by atoms with Crippen molar-refractivity contribution in [2.24, 2.45) is 5.92 Å². The predicted octanol–water partition coefficient (Wildman–Crippen LogP) is 12.8. The summed E-state index contributed by atoms with van der Waals surface area (Å²) < 4.78 is 0. The standard InChI is InChI=1S/C33H67/c1-4-7-10-12-14-16-17-18-19-20-22-24-26-29-32-33(30-27-9-6-3)31-28-25-23-21-15-13-11-8-5-2/h33H,3-32H2,1-2H3. The lowest BCUT2D eigenvalue weighted by Gasteiger charge is -2.17. The van der Waals surface area contributed by atoms with Crippen molar-refractivity contribution in [1.82, 2.24) is 0 Å². The average molecular weight is 464 g/mol. The van der Waals surface area contributed by atoms with E-state index in [0.717, 1.165) is 12.3 Å². The van der Waals surface area contributed by atoms with Crippen molar-refractivity contribution in [3.05, 3.63) is 6.92 Å². The molecule has 1 radical (unpaired) electrons. The number of rotatable bonds is 29. The monoisotopic (exact) mass is 464 g/mol. The van der Waals surface area contributed by atoms with Gasteiger partial charge in [-0.1, -0.05) is 207 Å². The van der Waals surface area contributed by atoms with E-state index in [0.29, 0.717) is 0 Å². The van der Waals surface area contributed by atoms with Gasteiger partial charge in [-0.25, -0.2) is 0 Å². The first-order valence-electron chi connectivity index (χ1n) is 16.1. The van der Waals surface area contributed by atoms with E-state index < -0.39 is 0 Å². The predicted molar refractivity (Wildman–Crippen MR) is 154 cm³/mol. The van der Waals surface area contributed by atoms with Gasteiger partial charge in [-0.05, 0) is 5.92 Å². The molecular formula is C33H67. The summed E-state index contributed by atoms with van der Waals surface area (Å²) in [5.74, 6) is 1.01. The van der Waals surface area contributed by atoms with E-state index in [-0.39, 0.29) is 0 Å². The second kappa shape index (κ2) is 30.0. The Balaban J connectivity index is 3.56. The molecule has 0 heterocycles. The van der Waals surface area contributed by atoms with Gasteiger partial charge in [0.2, 0.25) is 0 Å². The molecule has 0 bridgehead atoms. The van der Waals surface area contributed by atoms with Crippen LogP contribution in [0.2, 0.25) is 0 Å². The highest BCUT2D eigenvalue weighted by molar-refractivity contribution is 4.62. The van der Waals surface area contributed by atoms with Crippen molar-refractivity contribution in [3.8, 4) is 0 Å². The van der Waals surface area contributed by atoms with Gasteiger partial charge in [0, 0.05) is 0 Å². The fourth-order valence-corrected chi connectivity index (χ4v) is 5.41. The van der Waals surface area contributed by atoms with Crippen LogP contribution in [0.5, 0.6) is 0 Å². The Morgan fingerprint density at radius 1 is 0.333 bits per heavy atom. The number of hydrogen-bond donors (Lipinski definition) is 0. The van der Waals surface area contributed by atoms with Gasteiger partial charge in [-0.15, -0.1) is 0 Å². The van der Waals surface area contributed by atoms with E-state index in [1.165, 1.54) is 180 Å². The van der Waals surface area contributed by atoms with Crippen molar-refractivity contribution >= 4 is 0 Å². The zero-order valence-electron chi connectivity index (χ0n) is 23.8. The molecule has 0 fully saturated rings. The molecule has 1 unspecified atom stereocenters. The van der Waals surface area contributed by atoms with E-state index in [9.17, 15) is 0 Å². The SMILES string of the molecule is [CH2]CCCCC(CCCCCCCCCCC)CCCCCCCCCCCCCCCC. The molecule has 0 saturated heterocycles. The summed E-state index contributed by atoms with van der Waals surface area (Å²) in [6.07, 6.45) is 42.2. The number of unbranched alkanes of at least 4 members (excludes halogenated alkanes) is 23. The molecule has 33 heavy (non-hydrogen) atoms.